The average Bonchev–Trinajstić information content (AvgIpc) is 2.85. The lowest BCUT2D eigenvalue weighted by atomic mass is 10.2. The molecule has 0 aliphatic carbocycles. The van der Waals surface area contributed by atoms with Crippen LogP contribution in [0, 0.1) is 0 Å². The Morgan fingerprint density at radius 3 is 2.26 bits per heavy atom. The Hall–Kier alpha value is -1.40. The zero-order valence-corrected chi connectivity index (χ0v) is 14.6. The van der Waals surface area contributed by atoms with Crippen LogP contribution in [0.25, 0.3) is 0 Å². The molecule has 0 unspecified atom stereocenters. The van der Waals surface area contributed by atoms with Crippen molar-refractivity contribution in [2.24, 2.45) is 0 Å². The monoisotopic (exact) mass is 338 g/mol. The van der Waals surface area contributed by atoms with Crippen LogP contribution in [-0.4, -0.2) is 38.3 Å². The minimum Gasteiger partial charge on any atom is -0.352 e. The summed E-state index contributed by atoms with van der Waals surface area (Å²) in [5, 5.41) is 2.83. The van der Waals surface area contributed by atoms with Crippen molar-refractivity contribution in [2.45, 2.75) is 50.3 Å². The molecule has 1 amide bonds. The number of carbonyl (C=O) groups is 1. The number of nitrogens with one attached hydrogen (secondary N) is 1. The van der Waals surface area contributed by atoms with Crippen LogP contribution in [-0.2, 0) is 10.0 Å². The van der Waals surface area contributed by atoms with E-state index in [9.17, 15) is 13.2 Å². The molecule has 6 heteroatoms. The molecule has 0 spiro atoms. The molecule has 1 aromatic carbocycles. The van der Waals surface area contributed by atoms with Gasteiger partial charge in [0, 0.05) is 25.2 Å². The van der Waals surface area contributed by atoms with Gasteiger partial charge in [-0.15, -0.1) is 0 Å². The Balaban J connectivity index is 2.07. The third kappa shape index (κ3) is 4.78. The Kier molecular flexibility index (Phi) is 6.59. The summed E-state index contributed by atoms with van der Waals surface area (Å²) in [6.45, 7) is 3.88. The zero-order valence-electron chi connectivity index (χ0n) is 13.8. The highest BCUT2D eigenvalue weighted by Gasteiger charge is 2.25. The van der Waals surface area contributed by atoms with Gasteiger partial charge in [0.1, 0.15) is 0 Å². The highest BCUT2D eigenvalue weighted by Crippen LogP contribution is 2.20. The summed E-state index contributed by atoms with van der Waals surface area (Å²) in [4.78, 5) is 12.2. The fourth-order valence-electron chi connectivity index (χ4n) is 2.69. The first-order chi connectivity index (χ1) is 11.1. The highest BCUT2D eigenvalue weighted by molar-refractivity contribution is 7.89. The van der Waals surface area contributed by atoms with Gasteiger partial charge >= 0.3 is 0 Å². The van der Waals surface area contributed by atoms with Gasteiger partial charge in [-0.05, 0) is 43.5 Å². The molecular formula is C17H26N2O3S. The number of carbonyl (C=O) groups excluding carboxylic acids is 1. The summed E-state index contributed by atoms with van der Waals surface area (Å²) in [7, 11) is -3.45. The Labute approximate surface area is 139 Å². The van der Waals surface area contributed by atoms with E-state index in [2.05, 4.69) is 12.2 Å². The van der Waals surface area contributed by atoms with E-state index in [1.165, 1.54) is 12.1 Å². The number of hydrogen-bond acceptors (Lipinski definition) is 3. The summed E-state index contributed by atoms with van der Waals surface area (Å²) in [6.07, 6.45) is 5.96. The van der Waals surface area contributed by atoms with Crippen molar-refractivity contribution in [3.63, 3.8) is 0 Å². The molecule has 1 aromatic rings. The summed E-state index contributed by atoms with van der Waals surface area (Å²) >= 11 is 0. The predicted octanol–water partition coefficient (Wildman–Crippen LogP) is 2.78. The first-order valence-electron chi connectivity index (χ1n) is 8.44. The van der Waals surface area contributed by atoms with Gasteiger partial charge in [-0.25, -0.2) is 8.42 Å². The van der Waals surface area contributed by atoms with Crippen LogP contribution in [0.4, 0.5) is 0 Å². The molecular weight excluding hydrogens is 312 g/mol. The number of hydrogen-bond donors (Lipinski definition) is 1. The van der Waals surface area contributed by atoms with E-state index in [4.69, 9.17) is 0 Å². The highest BCUT2D eigenvalue weighted by atomic mass is 32.2. The van der Waals surface area contributed by atoms with Crippen LogP contribution in [0.15, 0.2) is 29.2 Å². The molecule has 5 nitrogen and oxygen atoms in total. The second-order valence-electron chi connectivity index (χ2n) is 5.95. The number of rotatable bonds is 6. The molecule has 128 valence electrons. The van der Waals surface area contributed by atoms with Gasteiger partial charge in [-0.1, -0.05) is 26.2 Å². The van der Waals surface area contributed by atoms with Crippen LogP contribution in [0.5, 0.6) is 0 Å². The lowest BCUT2D eigenvalue weighted by molar-refractivity contribution is 0.0953. The van der Waals surface area contributed by atoms with Crippen LogP contribution in [0.2, 0.25) is 0 Å². The molecule has 0 radical (unpaired) electrons. The molecule has 23 heavy (non-hydrogen) atoms. The van der Waals surface area contributed by atoms with Gasteiger partial charge in [0.2, 0.25) is 10.0 Å². The van der Waals surface area contributed by atoms with Crippen molar-refractivity contribution in [1.29, 1.82) is 0 Å². The Morgan fingerprint density at radius 2 is 1.70 bits per heavy atom. The van der Waals surface area contributed by atoms with E-state index in [0.29, 0.717) is 25.2 Å². The van der Waals surface area contributed by atoms with Gasteiger partial charge < -0.3 is 5.32 Å². The maximum Gasteiger partial charge on any atom is 0.251 e. The second kappa shape index (κ2) is 8.45. The molecule has 1 aliphatic rings. The van der Waals surface area contributed by atoms with Crippen molar-refractivity contribution in [2.75, 3.05) is 19.6 Å². The molecule has 0 bridgehead atoms. The van der Waals surface area contributed by atoms with Crippen molar-refractivity contribution >= 4 is 15.9 Å². The van der Waals surface area contributed by atoms with E-state index in [-0.39, 0.29) is 10.8 Å². The summed E-state index contributed by atoms with van der Waals surface area (Å²) in [6, 6.07) is 6.25. The van der Waals surface area contributed by atoms with E-state index in [1.54, 1.807) is 16.4 Å². The molecule has 1 saturated heterocycles. The third-order valence-electron chi connectivity index (χ3n) is 4.14. The van der Waals surface area contributed by atoms with Crippen LogP contribution in [0.1, 0.15) is 55.8 Å². The molecule has 1 fully saturated rings. The van der Waals surface area contributed by atoms with Gasteiger partial charge in [-0.3, -0.25) is 4.79 Å². The summed E-state index contributed by atoms with van der Waals surface area (Å²) in [5.41, 5.74) is 0.496. The van der Waals surface area contributed by atoms with E-state index < -0.39 is 10.0 Å². The van der Waals surface area contributed by atoms with Crippen LogP contribution >= 0.6 is 0 Å². The van der Waals surface area contributed by atoms with Gasteiger partial charge in [0.05, 0.1) is 4.90 Å². The third-order valence-corrected chi connectivity index (χ3v) is 6.05. The number of sulfonamides is 1. The zero-order chi connectivity index (χ0) is 16.7. The second-order valence-corrected chi connectivity index (χ2v) is 7.89. The summed E-state index contributed by atoms with van der Waals surface area (Å²) < 4.78 is 26.9. The first-order valence-corrected chi connectivity index (χ1v) is 9.88. The topological polar surface area (TPSA) is 66.5 Å². The minimum absolute atomic E-state index is 0.155. The molecule has 2 rings (SSSR count). The maximum absolute atomic E-state index is 12.7. The number of benzene rings is 1. The lowest BCUT2D eigenvalue weighted by Crippen LogP contribution is -2.32. The molecule has 0 aromatic heterocycles. The molecule has 0 saturated carbocycles. The Morgan fingerprint density at radius 1 is 1.09 bits per heavy atom. The number of amides is 1. The number of unbranched alkanes of at least 4 members (excludes halogenated alkanes) is 1. The quantitative estimate of drug-likeness (QED) is 0.811. The fourth-order valence-corrected chi connectivity index (χ4v) is 4.21. The molecule has 1 N–H and O–H groups in total. The largest absolute Gasteiger partial charge is 0.352 e. The van der Waals surface area contributed by atoms with E-state index in [1.807, 2.05) is 0 Å². The van der Waals surface area contributed by atoms with Crippen LogP contribution in [0.3, 0.4) is 0 Å². The number of nitrogens with zero attached hydrogens (tertiary/aromatic N) is 1. The standard InChI is InChI=1S/C17H26N2O3S/c1-2-3-12-18-17(20)15-8-10-16(11-9-15)23(21,22)19-13-6-4-5-7-14-19/h8-11H,2-7,12-14H2,1H3,(H,18,20). The Bertz CT molecular complexity index is 603. The predicted molar refractivity (Wildman–Crippen MR) is 90.9 cm³/mol. The van der Waals surface area contributed by atoms with Crippen molar-refractivity contribution in [1.82, 2.24) is 9.62 Å². The molecule has 1 heterocycles. The first kappa shape index (κ1) is 17.9. The normalized spacial score (nSPS) is 16.7. The van der Waals surface area contributed by atoms with E-state index in [0.717, 1.165) is 38.5 Å². The molecule has 1 aliphatic heterocycles. The van der Waals surface area contributed by atoms with Crippen LogP contribution < -0.4 is 5.32 Å². The lowest BCUT2D eigenvalue weighted by Gasteiger charge is -2.20. The van der Waals surface area contributed by atoms with Gasteiger partial charge in [0.25, 0.3) is 5.91 Å². The van der Waals surface area contributed by atoms with Gasteiger partial charge in [-0.2, -0.15) is 4.31 Å². The van der Waals surface area contributed by atoms with Gasteiger partial charge in [0.15, 0.2) is 0 Å². The fraction of sp³-hybridized carbons (Fsp3) is 0.588. The molecule has 0 atom stereocenters. The van der Waals surface area contributed by atoms with Crippen molar-refractivity contribution in [3.8, 4) is 0 Å². The average molecular weight is 338 g/mol. The maximum atomic E-state index is 12.7. The smallest absolute Gasteiger partial charge is 0.251 e. The SMILES string of the molecule is CCCCNC(=O)c1ccc(S(=O)(=O)N2CCCCCC2)cc1. The van der Waals surface area contributed by atoms with Crippen molar-refractivity contribution < 1.29 is 13.2 Å². The van der Waals surface area contributed by atoms with E-state index >= 15 is 0 Å². The summed E-state index contributed by atoms with van der Waals surface area (Å²) in [5.74, 6) is -0.155. The van der Waals surface area contributed by atoms with Crippen molar-refractivity contribution in [3.05, 3.63) is 29.8 Å². The minimum atomic E-state index is -3.45.